The molecule has 1 aromatic rings. The molecule has 13 heavy (non-hydrogen) atoms. The third-order valence-corrected chi connectivity index (χ3v) is 2.47. The van der Waals surface area contributed by atoms with E-state index in [0.717, 1.165) is 10.0 Å². The minimum Gasteiger partial charge on any atom is -0.329 e. The Kier molecular flexibility index (Phi) is 3.43. The molecule has 1 aromatic carbocycles. The predicted molar refractivity (Wildman–Crippen MR) is 54.8 cm³/mol. The summed E-state index contributed by atoms with van der Waals surface area (Å²) in [6.07, 6.45) is 0. The molecule has 0 saturated heterocycles. The molecule has 68 valence electrons. The molecule has 0 aromatic heterocycles. The fraction of sp³-hybridized carbons (Fsp3) is 0.222. The second-order valence-electron chi connectivity index (χ2n) is 2.69. The number of hydrogen-bond acceptors (Lipinski definition) is 3. The fourth-order valence-corrected chi connectivity index (χ4v) is 1.70. The normalized spacial score (nSPS) is 12.2. The summed E-state index contributed by atoms with van der Waals surface area (Å²) in [5.74, 6) is 0. The zero-order valence-corrected chi connectivity index (χ0v) is 8.58. The van der Waals surface area contributed by atoms with Crippen LogP contribution < -0.4 is 11.5 Å². The van der Waals surface area contributed by atoms with Crippen LogP contribution in [0.2, 0.25) is 0 Å². The molecule has 0 aliphatic rings. The monoisotopic (exact) mass is 239 g/mol. The van der Waals surface area contributed by atoms with Gasteiger partial charge in [-0.3, -0.25) is 0 Å². The van der Waals surface area contributed by atoms with Crippen LogP contribution in [-0.2, 0) is 0 Å². The van der Waals surface area contributed by atoms with Crippen LogP contribution in [0.3, 0.4) is 0 Å². The summed E-state index contributed by atoms with van der Waals surface area (Å²) in [7, 11) is 0. The first-order valence-electron chi connectivity index (χ1n) is 3.84. The SMILES string of the molecule is N#Cc1ccc([C@@H](N)CN)c(Br)c1. The van der Waals surface area contributed by atoms with Gasteiger partial charge in [0.05, 0.1) is 11.6 Å². The van der Waals surface area contributed by atoms with Crippen molar-refractivity contribution in [2.45, 2.75) is 6.04 Å². The number of halogens is 1. The van der Waals surface area contributed by atoms with Gasteiger partial charge in [0.2, 0.25) is 0 Å². The molecule has 1 rings (SSSR count). The minimum absolute atomic E-state index is 0.179. The van der Waals surface area contributed by atoms with Crippen molar-refractivity contribution in [3.05, 3.63) is 33.8 Å². The van der Waals surface area contributed by atoms with Crippen LogP contribution in [0, 0.1) is 11.3 Å². The number of hydrogen-bond donors (Lipinski definition) is 2. The Labute approximate surface area is 85.5 Å². The molecule has 0 amide bonds. The summed E-state index contributed by atoms with van der Waals surface area (Å²) in [6.45, 7) is 0.393. The van der Waals surface area contributed by atoms with E-state index in [9.17, 15) is 0 Å². The summed E-state index contributed by atoms with van der Waals surface area (Å²) in [4.78, 5) is 0. The van der Waals surface area contributed by atoms with Crippen LogP contribution in [0.25, 0.3) is 0 Å². The number of benzene rings is 1. The van der Waals surface area contributed by atoms with E-state index in [0.29, 0.717) is 12.1 Å². The molecule has 0 bridgehead atoms. The maximum atomic E-state index is 8.62. The first-order valence-corrected chi connectivity index (χ1v) is 4.63. The highest BCUT2D eigenvalue weighted by molar-refractivity contribution is 9.10. The maximum Gasteiger partial charge on any atom is 0.0992 e. The van der Waals surface area contributed by atoms with Gasteiger partial charge in [0.1, 0.15) is 0 Å². The largest absolute Gasteiger partial charge is 0.329 e. The Bertz CT molecular complexity index is 343. The van der Waals surface area contributed by atoms with E-state index in [1.807, 2.05) is 12.1 Å². The summed E-state index contributed by atoms with van der Waals surface area (Å²) in [5, 5.41) is 8.62. The lowest BCUT2D eigenvalue weighted by atomic mass is 10.1. The van der Waals surface area contributed by atoms with Crippen molar-refractivity contribution < 1.29 is 0 Å². The van der Waals surface area contributed by atoms with E-state index >= 15 is 0 Å². The molecule has 0 spiro atoms. The molecule has 1 atom stereocenters. The Morgan fingerprint density at radius 3 is 2.69 bits per heavy atom. The zero-order chi connectivity index (χ0) is 9.84. The second kappa shape index (κ2) is 4.38. The molecule has 3 nitrogen and oxygen atoms in total. The van der Waals surface area contributed by atoms with Crippen LogP contribution in [0.1, 0.15) is 17.2 Å². The van der Waals surface area contributed by atoms with Crippen molar-refractivity contribution in [2.75, 3.05) is 6.54 Å². The average Bonchev–Trinajstić information content (AvgIpc) is 2.16. The van der Waals surface area contributed by atoms with Crippen LogP contribution in [0.15, 0.2) is 22.7 Å². The lowest BCUT2D eigenvalue weighted by Gasteiger charge is -2.10. The zero-order valence-electron chi connectivity index (χ0n) is 7.00. The highest BCUT2D eigenvalue weighted by Gasteiger charge is 2.07. The highest BCUT2D eigenvalue weighted by atomic mass is 79.9. The topological polar surface area (TPSA) is 75.8 Å². The molecule has 0 aliphatic heterocycles. The minimum atomic E-state index is -0.179. The molecule has 0 heterocycles. The number of nitrogens with zero attached hydrogens (tertiary/aromatic N) is 1. The second-order valence-corrected chi connectivity index (χ2v) is 3.54. The van der Waals surface area contributed by atoms with Crippen molar-refractivity contribution in [3.8, 4) is 6.07 Å². The molecular weight excluding hydrogens is 230 g/mol. The van der Waals surface area contributed by atoms with Crippen molar-refractivity contribution in [3.63, 3.8) is 0 Å². The van der Waals surface area contributed by atoms with Gasteiger partial charge in [0.15, 0.2) is 0 Å². The van der Waals surface area contributed by atoms with E-state index in [2.05, 4.69) is 15.9 Å². The highest BCUT2D eigenvalue weighted by Crippen LogP contribution is 2.22. The average molecular weight is 240 g/mol. The first kappa shape index (κ1) is 10.2. The van der Waals surface area contributed by atoms with E-state index in [-0.39, 0.29) is 6.04 Å². The fourth-order valence-electron chi connectivity index (χ4n) is 1.02. The molecule has 4 heteroatoms. The van der Waals surface area contributed by atoms with Gasteiger partial charge in [0, 0.05) is 17.1 Å². The van der Waals surface area contributed by atoms with Crippen molar-refractivity contribution in [1.29, 1.82) is 5.26 Å². The van der Waals surface area contributed by atoms with E-state index in [4.69, 9.17) is 16.7 Å². The van der Waals surface area contributed by atoms with E-state index < -0.39 is 0 Å². The van der Waals surface area contributed by atoms with Gasteiger partial charge in [-0.15, -0.1) is 0 Å². The Morgan fingerprint density at radius 1 is 1.54 bits per heavy atom. The quantitative estimate of drug-likeness (QED) is 0.817. The number of nitrogens with two attached hydrogens (primary N) is 2. The van der Waals surface area contributed by atoms with Crippen LogP contribution in [-0.4, -0.2) is 6.54 Å². The van der Waals surface area contributed by atoms with Crippen LogP contribution in [0.4, 0.5) is 0 Å². The summed E-state index contributed by atoms with van der Waals surface area (Å²) in [6, 6.07) is 7.16. The van der Waals surface area contributed by atoms with Crippen molar-refractivity contribution in [2.24, 2.45) is 11.5 Å². The summed E-state index contributed by atoms with van der Waals surface area (Å²) < 4.78 is 0.838. The van der Waals surface area contributed by atoms with Crippen molar-refractivity contribution in [1.82, 2.24) is 0 Å². The lowest BCUT2D eigenvalue weighted by molar-refractivity contribution is 0.733. The van der Waals surface area contributed by atoms with E-state index in [1.54, 1.807) is 12.1 Å². The van der Waals surface area contributed by atoms with Gasteiger partial charge in [-0.2, -0.15) is 5.26 Å². The molecule has 0 fully saturated rings. The molecule has 0 aliphatic carbocycles. The van der Waals surface area contributed by atoms with Gasteiger partial charge in [0.25, 0.3) is 0 Å². The predicted octanol–water partition coefficient (Wildman–Crippen LogP) is 1.28. The third-order valence-electron chi connectivity index (χ3n) is 1.78. The van der Waals surface area contributed by atoms with E-state index in [1.165, 1.54) is 0 Å². The standard InChI is InChI=1S/C9H10BrN3/c10-8-3-6(4-11)1-2-7(8)9(13)5-12/h1-3,9H,5,12-13H2/t9-/m0/s1. The van der Waals surface area contributed by atoms with Gasteiger partial charge >= 0.3 is 0 Å². The molecule has 0 saturated carbocycles. The number of rotatable bonds is 2. The van der Waals surface area contributed by atoms with Crippen LogP contribution >= 0.6 is 15.9 Å². The summed E-state index contributed by atoms with van der Waals surface area (Å²) in [5.41, 5.74) is 12.7. The van der Waals surface area contributed by atoms with Gasteiger partial charge in [-0.1, -0.05) is 22.0 Å². The van der Waals surface area contributed by atoms with Crippen molar-refractivity contribution >= 4 is 15.9 Å². The van der Waals surface area contributed by atoms with Gasteiger partial charge in [-0.05, 0) is 17.7 Å². The lowest BCUT2D eigenvalue weighted by Crippen LogP contribution is -2.21. The van der Waals surface area contributed by atoms with Gasteiger partial charge in [-0.25, -0.2) is 0 Å². The molecule has 0 radical (unpaired) electrons. The third kappa shape index (κ3) is 2.28. The summed E-state index contributed by atoms with van der Waals surface area (Å²) >= 11 is 3.34. The maximum absolute atomic E-state index is 8.62. The molecular formula is C9H10BrN3. The van der Waals surface area contributed by atoms with Crippen LogP contribution in [0.5, 0.6) is 0 Å². The molecule has 4 N–H and O–H groups in total. The Hall–Kier alpha value is -0.890. The first-order chi connectivity index (χ1) is 6.19. The Morgan fingerprint density at radius 2 is 2.23 bits per heavy atom. The molecule has 0 unspecified atom stereocenters. The smallest absolute Gasteiger partial charge is 0.0992 e. The van der Waals surface area contributed by atoms with Gasteiger partial charge < -0.3 is 11.5 Å². The number of nitriles is 1. The Balaban J connectivity index is 3.07.